The molecule has 0 aliphatic carbocycles. The first-order chi connectivity index (χ1) is 28.5. The molecule has 0 saturated carbocycles. The molecule has 318 valence electrons. The van der Waals surface area contributed by atoms with E-state index >= 15 is 0 Å². The van der Waals surface area contributed by atoms with Gasteiger partial charge < -0.3 is 11.5 Å². The lowest BCUT2D eigenvalue weighted by Gasteiger charge is -2.21. The molecule has 4 rings (SSSR count). The first-order valence-corrected chi connectivity index (χ1v) is 24.4. The van der Waals surface area contributed by atoms with Gasteiger partial charge in [-0.3, -0.25) is 0 Å². The average molecular weight is 785 g/mol. The van der Waals surface area contributed by atoms with E-state index in [2.05, 4.69) is 118 Å². The lowest BCUT2D eigenvalue weighted by atomic mass is 9.84. The predicted molar refractivity (Wildman–Crippen MR) is 257 cm³/mol. The summed E-state index contributed by atoms with van der Waals surface area (Å²) in [5.74, 6) is 1.49. The second-order valence-corrected chi connectivity index (χ2v) is 17.9. The zero-order valence-electron chi connectivity index (χ0n) is 37.5. The molecule has 0 bridgehead atoms. The molecule has 4 N–H and O–H groups in total. The standard InChI is InChI=1S/C56H84N2/c1-4-7-9-11-13-15-17-19-21-23-26-55(51-36-40-53(57)41-37-51)49-32-28-46(29-33-49)44-48(25-6-3)45-47-30-34-50(35-31-47)56(52-38-42-54(58)43-39-52)27-24-22-20-18-16-14-12-10-8-5-2/h28-43,48,55-56H,4-27,44-45,57-58H2,1-3H3. The third-order valence-electron chi connectivity index (χ3n) is 12.9. The highest BCUT2D eigenvalue weighted by atomic mass is 14.5. The summed E-state index contributed by atoms with van der Waals surface area (Å²) in [5.41, 5.74) is 22.5. The largest absolute Gasteiger partial charge is 0.399 e. The molecular weight excluding hydrogens is 701 g/mol. The Balaban J connectivity index is 1.32. The fourth-order valence-electron chi connectivity index (χ4n) is 9.30. The molecule has 2 nitrogen and oxygen atoms in total. The van der Waals surface area contributed by atoms with E-state index in [1.54, 1.807) is 0 Å². The molecule has 0 fully saturated rings. The highest BCUT2D eigenvalue weighted by molar-refractivity contribution is 5.44. The van der Waals surface area contributed by atoms with Crippen molar-refractivity contribution in [2.75, 3.05) is 11.5 Å². The summed E-state index contributed by atoms with van der Waals surface area (Å²) in [6.45, 7) is 6.94. The summed E-state index contributed by atoms with van der Waals surface area (Å²) < 4.78 is 0. The number of nitrogens with two attached hydrogens (primary N) is 2. The van der Waals surface area contributed by atoms with Gasteiger partial charge >= 0.3 is 0 Å². The Morgan fingerprint density at radius 2 is 0.586 bits per heavy atom. The van der Waals surface area contributed by atoms with Crippen molar-refractivity contribution >= 4 is 11.4 Å². The molecule has 2 atom stereocenters. The molecule has 0 spiro atoms. The van der Waals surface area contributed by atoms with Crippen molar-refractivity contribution in [1.82, 2.24) is 0 Å². The van der Waals surface area contributed by atoms with E-state index in [0.29, 0.717) is 17.8 Å². The van der Waals surface area contributed by atoms with Gasteiger partial charge in [-0.1, -0.05) is 235 Å². The third kappa shape index (κ3) is 18.2. The molecule has 2 heteroatoms. The molecule has 0 radical (unpaired) electrons. The predicted octanol–water partition coefficient (Wildman–Crippen LogP) is 16.9. The van der Waals surface area contributed by atoms with E-state index in [4.69, 9.17) is 11.5 Å². The maximum Gasteiger partial charge on any atom is 0.0314 e. The monoisotopic (exact) mass is 785 g/mol. The zero-order valence-corrected chi connectivity index (χ0v) is 37.5. The van der Waals surface area contributed by atoms with Crippen LogP contribution in [0.1, 0.15) is 220 Å². The Hall–Kier alpha value is -3.52. The smallest absolute Gasteiger partial charge is 0.0314 e. The number of hydrogen-bond donors (Lipinski definition) is 2. The van der Waals surface area contributed by atoms with Gasteiger partial charge in [0.1, 0.15) is 0 Å². The zero-order chi connectivity index (χ0) is 41.0. The van der Waals surface area contributed by atoms with Crippen molar-refractivity contribution in [1.29, 1.82) is 0 Å². The SMILES string of the molecule is CCCCCCCCCCCCC(c1ccc(N)cc1)c1ccc(CC(CCC)Cc2ccc(C(CCCCCCCCCCCC)c3ccc(N)cc3)cc2)cc1. The minimum Gasteiger partial charge on any atom is -0.399 e. The summed E-state index contributed by atoms with van der Waals surface area (Å²) in [6.07, 6.45) is 34.6. The fraction of sp³-hybridized carbons (Fsp3) is 0.571. The summed E-state index contributed by atoms with van der Waals surface area (Å²) in [4.78, 5) is 0. The molecule has 0 aromatic heterocycles. The van der Waals surface area contributed by atoms with E-state index in [-0.39, 0.29) is 0 Å². The first-order valence-electron chi connectivity index (χ1n) is 24.4. The van der Waals surface area contributed by atoms with Crippen molar-refractivity contribution in [3.63, 3.8) is 0 Å². The third-order valence-corrected chi connectivity index (χ3v) is 12.9. The molecule has 0 amide bonds. The van der Waals surface area contributed by atoms with Gasteiger partial charge in [-0.25, -0.2) is 0 Å². The maximum absolute atomic E-state index is 6.11. The van der Waals surface area contributed by atoms with Gasteiger partial charge in [-0.05, 0) is 89.2 Å². The Kier molecular flexibility index (Phi) is 23.4. The van der Waals surface area contributed by atoms with Gasteiger partial charge in [0.25, 0.3) is 0 Å². The molecule has 0 saturated heterocycles. The van der Waals surface area contributed by atoms with E-state index in [0.717, 1.165) is 24.2 Å². The van der Waals surface area contributed by atoms with Crippen LogP contribution in [0.4, 0.5) is 11.4 Å². The van der Waals surface area contributed by atoms with Crippen LogP contribution in [0.5, 0.6) is 0 Å². The van der Waals surface area contributed by atoms with Gasteiger partial charge in [0.2, 0.25) is 0 Å². The van der Waals surface area contributed by atoms with E-state index in [9.17, 15) is 0 Å². The van der Waals surface area contributed by atoms with Crippen LogP contribution in [0.25, 0.3) is 0 Å². The van der Waals surface area contributed by atoms with Crippen LogP contribution in [0.2, 0.25) is 0 Å². The Morgan fingerprint density at radius 1 is 0.310 bits per heavy atom. The second kappa shape index (κ2) is 28.8. The van der Waals surface area contributed by atoms with Gasteiger partial charge in [-0.2, -0.15) is 0 Å². The van der Waals surface area contributed by atoms with Crippen LogP contribution in [-0.4, -0.2) is 0 Å². The summed E-state index contributed by atoms with van der Waals surface area (Å²) in [7, 11) is 0. The lowest BCUT2D eigenvalue weighted by molar-refractivity contribution is 0.474. The topological polar surface area (TPSA) is 52.0 Å². The summed E-state index contributed by atoms with van der Waals surface area (Å²) in [5, 5.41) is 0. The second-order valence-electron chi connectivity index (χ2n) is 17.9. The van der Waals surface area contributed by atoms with Crippen molar-refractivity contribution in [3.8, 4) is 0 Å². The number of unbranched alkanes of at least 4 members (excludes halogenated alkanes) is 18. The number of rotatable bonds is 32. The lowest BCUT2D eigenvalue weighted by Crippen LogP contribution is -2.09. The molecule has 58 heavy (non-hydrogen) atoms. The van der Waals surface area contributed by atoms with Crippen LogP contribution in [0.3, 0.4) is 0 Å². The quantitative estimate of drug-likeness (QED) is 0.0383. The highest BCUT2D eigenvalue weighted by Crippen LogP contribution is 2.34. The summed E-state index contributed by atoms with van der Waals surface area (Å²) >= 11 is 0. The van der Waals surface area contributed by atoms with E-state index in [1.165, 1.54) is 187 Å². The van der Waals surface area contributed by atoms with E-state index in [1.807, 2.05) is 0 Å². The Labute approximate surface area is 357 Å². The molecule has 0 aliphatic heterocycles. The van der Waals surface area contributed by atoms with Crippen LogP contribution in [0, 0.1) is 5.92 Å². The van der Waals surface area contributed by atoms with E-state index < -0.39 is 0 Å². The van der Waals surface area contributed by atoms with Crippen molar-refractivity contribution < 1.29 is 0 Å². The van der Waals surface area contributed by atoms with Gasteiger partial charge in [0, 0.05) is 23.2 Å². The highest BCUT2D eigenvalue weighted by Gasteiger charge is 2.18. The van der Waals surface area contributed by atoms with Gasteiger partial charge in [0.15, 0.2) is 0 Å². The molecule has 4 aromatic rings. The molecule has 0 aliphatic rings. The molecular formula is C56H84N2. The van der Waals surface area contributed by atoms with Crippen molar-refractivity contribution in [2.24, 2.45) is 5.92 Å². The number of benzene rings is 4. The van der Waals surface area contributed by atoms with Crippen LogP contribution in [0.15, 0.2) is 97.1 Å². The molecule has 2 unspecified atom stereocenters. The average Bonchev–Trinajstić information content (AvgIpc) is 3.24. The fourth-order valence-corrected chi connectivity index (χ4v) is 9.30. The van der Waals surface area contributed by atoms with Gasteiger partial charge in [-0.15, -0.1) is 0 Å². The Morgan fingerprint density at radius 3 is 0.879 bits per heavy atom. The Bertz CT molecular complexity index is 1450. The van der Waals surface area contributed by atoms with Crippen LogP contribution in [-0.2, 0) is 12.8 Å². The van der Waals surface area contributed by atoms with Gasteiger partial charge in [0.05, 0.1) is 0 Å². The normalized spacial score (nSPS) is 13.1. The summed E-state index contributed by atoms with van der Waals surface area (Å²) in [6, 6.07) is 36.7. The minimum absolute atomic E-state index is 0.427. The van der Waals surface area contributed by atoms with Crippen LogP contribution >= 0.6 is 0 Å². The minimum atomic E-state index is 0.427. The number of hydrogen-bond acceptors (Lipinski definition) is 2. The molecule has 4 aromatic carbocycles. The number of nitrogen functional groups attached to an aromatic ring is 2. The number of anilines is 2. The molecule has 0 heterocycles. The van der Waals surface area contributed by atoms with Crippen LogP contribution < -0.4 is 11.5 Å². The van der Waals surface area contributed by atoms with Crippen molar-refractivity contribution in [2.45, 2.75) is 200 Å². The maximum atomic E-state index is 6.11. The first kappa shape index (κ1) is 47.2. The van der Waals surface area contributed by atoms with Crippen molar-refractivity contribution in [3.05, 3.63) is 130 Å².